The lowest BCUT2D eigenvalue weighted by Gasteiger charge is -2.07. The van der Waals surface area contributed by atoms with Crippen molar-refractivity contribution in [2.75, 3.05) is 39.3 Å². The zero-order valence-corrected chi connectivity index (χ0v) is 13.8. The highest BCUT2D eigenvalue weighted by molar-refractivity contribution is 5.81. The summed E-state index contributed by atoms with van der Waals surface area (Å²) in [5.41, 5.74) is 0. The maximum absolute atomic E-state index is 4.32. The smallest absolute Gasteiger partial charge is 0.191 e. The molecule has 6 nitrogen and oxygen atoms in total. The normalized spacial score (nSPS) is 16.7. The fourth-order valence-electron chi connectivity index (χ4n) is 2.76. The van der Waals surface area contributed by atoms with Crippen LogP contribution < -0.4 is 21.3 Å². The molecule has 0 unspecified atom stereocenters. The van der Waals surface area contributed by atoms with Crippen LogP contribution in [0.2, 0.25) is 0 Å². The summed E-state index contributed by atoms with van der Waals surface area (Å²) >= 11 is 0. The average molecular weight is 308 g/mol. The number of guanidine groups is 2. The predicted octanol–water partition coefficient (Wildman–Crippen LogP) is 1.20. The number of nitrogens with one attached hydrogen (secondary N) is 4. The summed E-state index contributed by atoms with van der Waals surface area (Å²) in [5.74, 6) is 1.99. The van der Waals surface area contributed by atoms with Crippen LogP contribution in [0.3, 0.4) is 0 Å². The van der Waals surface area contributed by atoms with Crippen molar-refractivity contribution in [2.24, 2.45) is 9.98 Å². The van der Waals surface area contributed by atoms with Gasteiger partial charge in [0.15, 0.2) is 11.9 Å². The maximum atomic E-state index is 4.32. The van der Waals surface area contributed by atoms with Crippen molar-refractivity contribution in [2.45, 2.75) is 51.4 Å². The van der Waals surface area contributed by atoms with Crippen LogP contribution in [0.1, 0.15) is 51.4 Å². The molecule has 0 atom stereocenters. The number of aliphatic imine (C=N–C) groups is 2. The summed E-state index contributed by atoms with van der Waals surface area (Å²) in [7, 11) is 0. The third-order valence-corrected chi connectivity index (χ3v) is 4.04. The van der Waals surface area contributed by atoms with Crippen molar-refractivity contribution in [1.29, 1.82) is 0 Å². The van der Waals surface area contributed by atoms with Crippen LogP contribution in [0.15, 0.2) is 9.98 Å². The standard InChI is InChI=1S/C16H32N6/c1(3-5-7-9-17-15-19-11-12-20-15)2-4-6-8-10-18-16-21-13-14-22-16/h1-14H2,(H2,17,19,20)(H2,18,21,22). The van der Waals surface area contributed by atoms with Crippen molar-refractivity contribution >= 4 is 11.9 Å². The van der Waals surface area contributed by atoms with Gasteiger partial charge >= 0.3 is 0 Å². The highest BCUT2D eigenvalue weighted by Crippen LogP contribution is 2.08. The quantitative estimate of drug-likeness (QED) is 0.433. The second kappa shape index (κ2) is 11.2. The number of nitrogens with zero attached hydrogens (tertiary/aromatic N) is 2. The Kier molecular flexibility index (Phi) is 8.57. The minimum Gasteiger partial charge on any atom is -0.356 e. The first-order valence-corrected chi connectivity index (χ1v) is 8.99. The molecule has 0 aromatic rings. The van der Waals surface area contributed by atoms with E-state index in [-0.39, 0.29) is 0 Å². The van der Waals surface area contributed by atoms with E-state index < -0.39 is 0 Å². The van der Waals surface area contributed by atoms with E-state index in [1.165, 1.54) is 51.4 Å². The molecule has 22 heavy (non-hydrogen) atoms. The molecule has 4 N–H and O–H groups in total. The molecule has 0 aromatic heterocycles. The molecule has 0 aromatic carbocycles. The van der Waals surface area contributed by atoms with Gasteiger partial charge in [-0.25, -0.2) is 0 Å². The van der Waals surface area contributed by atoms with Crippen molar-refractivity contribution in [3.8, 4) is 0 Å². The number of hydrogen-bond donors (Lipinski definition) is 4. The Labute approximate surface area is 134 Å². The molecule has 126 valence electrons. The molecule has 0 amide bonds. The zero-order chi connectivity index (χ0) is 15.3. The van der Waals surface area contributed by atoms with Crippen LogP contribution >= 0.6 is 0 Å². The van der Waals surface area contributed by atoms with Crippen LogP contribution in [0.25, 0.3) is 0 Å². The topological polar surface area (TPSA) is 72.8 Å². The Morgan fingerprint density at radius 3 is 1.41 bits per heavy atom. The monoisotopic (exact) mass is 308 g/mol. The molecule has 2 heterocycles. The molecule has 0 spiro atoms. The largest absolute Gasteiger partial charge is 0.356 e. The van der Waals surface area contributed by atoms with Gasteiger partial charge in [-0.3, -0.25) is 9.98 Å². The highest BCUT2D eigenvalue weighted by Gasteiger charge is 2.03. The Morgan fingerprint density at radius 1 is 0.636 bits per heavy atom. The summed E-state index contributed by atoms with van der Waals surface area (Å²) in [6.07, 6.45) is 10.6. The first kappa shape index (κ1) is 16.9. The second-order valence-corrected chi connectivity index (χ2v) is 6.00. The van der Waals surface area contributed by atoms with Gasteiger partial charge in [-0.1, -0.05) is 38.5 Å². The molecule has 2 aliphatic heterocycles. The molecule has 2 aliphatic rings. The lowest BCUT2D eigenvalue weighted by molar-refractivity contribution is 0.562. The minimum absolute atomic E-state index is 0.919. The molecule has 0 aliphatic carbocycles. The number of unbranched alkanes of at least 4 members (excludes halogenated alkanes) is 7. The van der Waals surface area contributed by atoms with Crippen LogP contribution in [0.4, 0.5) is 0 Å². The van der Waals surface area contributed by atoms with E-state index in [4.69, 9.17) is 0 Å². The van der Waals surface area contributed by atoms with Gasteiger partial charge in [0.2, 0.25) is 0 Å². The Hall–Kier alpha value is -1.46. The van der Waals surface area contributed by atoms with E-state index in [1.807, 2.05) is 0 Å². The molecule has 2 rings (SSSR count). The lowest BCUT2D eigenvalue weighted by Crippen LogP contribution is -2.34. The van der Waals surface area contributed by atoms with Crippen molar-refractivity contribution < 1.29 is 0 Å². The molecule has 0 fully saturated rings. The fraction of sp³-hybridized carbons (Fsp3) is 0.875. The van der Waals surface area contributed by atoms with Gasteiger partial charge < -0.3 is 21.3 Å². The summed E-state index contributed by atoms with van der Waals surface area (Å²) < 4.78 is 0. The predicted molar refractivity (Wildman–Crippen MR) is 93.6 cm³/mol. The SMILES string of the molecule is C(CCCCCNC1=NCCN1)CCCCNC1=NCCN1. The van der Waals surface area contributed by atoms with Gasteiger partial charge in [0.05, 0.1) is 13.1 Å². The van der Waals surface area contributed by atoms with Crippen molar-refractivity contribution in [3.63, 3.8) is 0 Å². The first-order chi connectivity index (χ1) is 10.9. The van der Waals surface area contributed by atoms with E-state index in [0.717, 1.165) is 51.2 Å². The molecular formula is C16H32N6. The van der Waals surface area contributed by atoms with Crippen molar-refractivity contribution in [1.82, 2.24) is 21.3 Å². The third kappa shape index (κ3) is 7.52. The van der Waals surface area contributed by atoms with Crippen LogP contribution in [0, 0.1) is 0 Å². The van der Waals surface area contributed by atoms with E-state index in [1.54, 1.807) is 0 Å². The van der Waals surface area contributed by atoms with E-state index in [2.05, 4.69) is 31.3 Å². The molecule has 0 radical (unpaired) electrons. The minimum atomic E-state index is 0.919. The van der Waals surface area contributed by atoms with Gasteiger partial charge in [-0.05, 0) is 12.8 Å². The molecule has 0 bridgehead atoms. The summed E-state index contributed by atoms with van der Waals surface area (Å²) in [6, 6.07) is 0. The van der Waals surface area contributed by atoms with Crippen LogP contribution in [-0.4, -0.2) is 51.2 Å². The van der Waals surface area contributed by atoms with E-state index >= 15 is 0 Å². The van der Waals surface area contributed by atoms with Crippen LogP contribution in [0.5, 0.6) is 0 Å². The summed E-state index contributed by atoms with van der Waals surface area (Å²) in [4.78, 5) is 8.64. The van der Waals surface area contributed by atoms with Gasteiger partial charge in [0.1, 0.15) is 0 Å². The van der Waals surface area contributed by atoms with Crippen molar-refractivity contribution in [3.05, 3.63) is 0 Å². The van der Waals surface area contributed by atoms with Crippen LogP contribution in [-0.2, 0) is 0 Å². The molecule has 0 saturated carbocycles. The molecular weight excluding hydrogens is 276 g/mol. The van der Waals surface area contributed by atoms with Gasteiger partial charge in [-0.15, -0.1) is 0 Å². The van der Waals surface area contributed by atoms with Gasteiger partial charge in [0, 0.05) is 26.2 Å². The Balaban J connectivity index is 1.26. The maximum Gasteiger partial charge on any atom is 0.191 e. The van der Waals surface area contributed by atoms with Gasteiger partial charge in [0.25, 0.3) is 0 Å². The number of hydrogen-bond acceptors (Lipinski definition) is 6. The summed E-state index contributed by atoms with van der Waals surface area (Å²) in [6.45, 7) is 5.92. The molecule has 6 heteroatoms. The lowest BCUT2D eigenvalue weighted by atomic mass is 10.1. The van der Waals surface area contributed by atoms with E-state index in [9.17, 15) is 0 Å². The first-order valence-electron chi connectivity index (χ1n) is 8.99. The Bertz CT molecular complexity index is 319. The average Bonchev–Trinajstić information content (AvgIpc) is 3.21. The molecule has 0 saturated heterocycles. The fourth-order valence-corrected chi connectivity index (χ4v) is 2.76. The van der Waals surface area contributed by atoms with Gasteiger partial charge in [-0.2, -0.15) is 0 Å². The summed E-state index contributed by atoms with van der Waals surface area (Å²) in [5, 5.41) is 13.2. The number of rotatable bonds is 11. The third-order valence-electron chi connectivity index (χ3n) is 4.04. The second-order valence-electron chi connectivity index (χ2n) is 6.00. The Morgan fingerprint density at radius 2 is 1.05 bits per heavy atom. The zero-order valence-electron chi connectivity index (χ0n) is 13.8. The van der Waals surface area contributed by atoms with E-state index in [0.29, 0.717) is 0 Å². The highest BCUT2D eigenvalue weighted by atomic mass is 15.2.